The number of fused-ring (bicyclic) bond motifs is 1. The van der Waals surface area contributed by atoms with Gasteiger partial charge in [-0.15, -0.1) is 0 Å². The number of benzene rings is 1. The lowest BCUT2D eigenvalue weighted by molar-refractivity contribution is 0.138. The van der Waals surface area contributed by atoms with E-state index >= 15 is 0 Å². The molecule has 0 radical (unpaired) electrons. The number of ether oxygens (including phenoxy) is 1. The first-order chi connectivity index (χ1) is 6.11. The highest BCUT2D eigenvalue weighted by molar-refractivity contribution is 5.44. The Hall–Kier alpha value is -1.22. The summed E-state index contributed by atoms with van der Waals surface area (Å²) in [7, 11) is 0. The van der Waals surface area contributed by atoms with Crippen molar-refractivity contribution in [1.29, 1.82) is 0 Å². The summed E-state index contributed by atoms with van der Waals surface area (Å²) in [6.45, 7) is 4.13. The first-order valence-corrected chi connectivity index (χ1v) is 4.29. The van der Waals surface area contributed by atoms with Crippen molar-refractivity contribution in [2.24, 2.45) is 5.90 Å². The van der Waals surface area contributed by atoms with Crippen LogP contribution in [0, 0.1) is 0 Å². The normalized spacial score (nSPS) is 17.8. The summed E-state index contributed by atoms with van der Waals surface area (Å²) in [6.07, 6.45) is 0.902. The van der Waals surface area contributed by atoms with E-state index in [4.69, 9.17) is 10.6 Å². The first-order valence-electron chi connectivity index (χ1n) is 4.29. The monoisotopic (exact) mass is 179 g/mol. The number of hydrogen-bond acceptors (Lipinski definition) is 3. The second-order valence-corrected chi connectivity index (χ2v) is 3.93. The summed E-state index contributed by atoms with van der Waals surface area (Å²) in [5, 5.41) is 0. The smallest absolute Gasteiger partial charge is 0.147 e. The Kier molecular flexibility index (Phi) is 1.70. The van der Waals surface area contributed by atoms with Gasteiger partial charge in [0.15, 0.2) is 0 Å². The van der Waals surface area contributed by atoms with E-state index in [1.54, 1.807) is 6.07 Å². The Morgan fingerprint density at radius 3 is 2.92 bits per heavy atom. The minimum Gasteiger partial charge on any atom is -0.487 e. The van der Waals surface area contributed by atoms with Gasteiger partial charge in [0.05, 0.1) is 0 Å². The maximum atomic E-state index is 5.70. The minimum absolute atomic E-state index is 0.102. The van der Waals surface area contributed by atoms with Gasteiger partial charge in [-0.2, -0.15) is 5.90 Å². The number of rotatable bonds is 1. The van der Waals surface area contributed by atoms with Gasteiger partial charge in [-0.05, 0) is 32.0 Å². The second-order valence-electron chi connectivity index (χ2n) is 3.93. The zero-order valence-electron chi connectivity index (χ0n) is 7.83. The van der Waals surface area contributed by atoms with Crippen molar-refractivity contribution < 1.29 is 9.57 Å². The first kappa shape index (κ1) is 8.38. The molecule has 1 aliphatic rings. The van der Waals surface area contributed by atoms with Crippen molar-refractivity contribution in [3.8, 4) is 11.5 Å². The number of nitrogens with two attached hydrogens (primary N) is 1. The van der Waals surface area contributed by atoms with Crippen molar-refractivity contribution in [2.75, 3.05) is 0 Å². The standard InChI is InChI=1S/C10H13NO2/c1-10(2)6-7-5-8(13-11)3-4-9(7)12-10/h3-5H,6,11H2,1-2H3. The molecule has 0 spiro atoms. The fraction of sp³-hybridized carbons (Fsp3) is 0.400. The highest BCUT2D eigenvalue weighted by Crippen LogP contribution is 2.36. The molecule has 0 amide bonds. The van der Waals surface area contributed by atoms with Crippen LogP contribution in [0.5, 0.6) is 11.5 Å². The molecule has 1 heterocycles. The van der Waals surface area contributed by atoms with Crippen molar-refractivity contribution in [2.45, 2.75) is 25.9 Å². The molecule has 0 aliphatic carbocycles. The van der Waals surface area contributed by atoms with Crippen molar-refractivity contribution in [3.05, 3.63) is 23.8 Å². The third kappa shape index (κ3) is 1.47. The Morgan fingerprint density at radius 2 is 2.23 bits per heavy atom. The summed E-state index contributed by atoms with van der Waals surface area (Å²) in [5.74, 6) is 6.69. The zero-order chi connectivity index (χ0) is 9.47. The molecule has 13 heavy (non-hydrogen) atoms. The van der Waals surface area contributed by atoms with Gasteiger partial charge in [-0.25, -0.2) is 0 Å². The lowest BCUT2D eigenvalue weighted by atomic mass is 10.0. The topological polar surface area (TPSA) is 44.5 Å². The van der Waals surface area contributed by atoms with E-state index in [0.717, 1.165) is 17.7 Å². The van der Waals surface area contributed by atoms with Gasteiger partial charge in [0.2, 0.25) is 0 Å². The Morgan fingerprint density at radius 1 is 1.46 bits per heavy atom. The highest BCUT2D eigenvalue weighted by atomic mass is 16.6. The van der Waals surface area contributed by atoms with E-state index in [9.17, 15) is 0 Å². The van der Waals surface area contributed by atoms with Crippen LogP contribution in [0.3, 0.4) is 0 Å². The molecule has 3 heteroatoms. The van der Waals surface area contributed by atoms with E-state index in [1.165, 1.54) is 0 Å². The predicted octanol–water partition coefficient (Wildman–Crippen LogP) is 1.65. The second kappa shape index (κ2) is 2.64. The molecule has 2 N–H and O–H groups in total. The quantitative estimate of drug-likeness (QED) is 0.667. The lowest BCUT2D eigenvalue weighted by Crippen LogP contribution is -2.24. The van der Waals surface area contributed by atoms with Crippen LogP contribution in [-0.4, -0.2) is 5.60 Å². The molecule has 0 saturated heterocycles. The van der Waals surface area contributed by atoms with Gasteiger partial charge in [-0.1, -0.05) is 0 Å². The van der Waals surface area contributed by atoms with E-state index in [0.29, 0.717) is 5.75 Å². The van der Waals surface area contributed by atoms with Crippen LogP contribution in [0.25, 0.3) is 0 Å². The average molecular weight is 179 g/mol. The van der Waals surface area contributed by atoms with Gasteiger partial charge < -0.3 is 9.57 Å². The molecular weight excluding hydrogens is 166 g/mol. The van der Waals surface area contributed by atoms with Gasteiger partial charge in [0, 0.05) is 12.0 Å². The molecule has 0 aromatic heterocycles. The molecule has 1 aliphatic heterocycles. The van der Waals surface area contributed by atoms with Crippen LogP contribution in [0.1, 0.15) is 19.4 Å². The van der Waals surface area contributed by atoms with Crippen molar-refractivity contribution in [3.63, 3.8) is 0 Å². The maximum absolute atomic E-state index is 5.70. The van der Waals surface area contributed by atoms with Crippen LogP contribution >= 0.6 is 0 Å². The van der Waals surface area contributed by atoms with Gasteiger partial charge in [-0.3, -0.25) is 0 Å². The van der Waals surface area contributed by atoms with Gasteiger partial charge >= 0.3 is 0 Å². The Balaban J connectivity index is 2.36. The molecule has 0 bridgehead atoms. The van der Waals surface area contributed by atoms with Crippen LogP contribution < -0.4 is 15.5 Å². The molecule has 0 atom stereocenters. The van der Waals surface area contributed by atoms with E-state index < -0.39 is 0 Å². The summed E-state index contributed by atoms with van der Waals surface area (Å²) < 4.78 is 5.70. The van der Waals surface area contributed by atoms with Gasteiger partial charge in [0.1, 0.15) is 17.1 Å². The minimum atomic E-state index is -0.102. The fourth-order valence-electron chi connectivity index (χ4n) is 1.66. The van der Waals surface area contributed by atoms with Crippen LogP contribution in [0.15, 0.2) is 18.2 Å². The van der Waals surface area contributed by atoms with E-state index in [2.05, 4.69) is 18.7 Å². The van der Waals surface area contributed by atoms with Crippen LogP contribution in [0.2, 0.25) is 0 Å². The summed E-state index contributed by atoms with van der Waals surface area (Å²) in [6, 6.07) is 5.62. The summed E-state index contributed by atoms with van der Waals surface area (Å²) in [4.78, 5) is 4.65. The lowest BCUT2D eigenvalue weighted by Gasteiger charge is -2.16. The largest absolute Gasteiger partial charge is 0.487 e. The van der Waals surface area contributed by atoms with E-state index in [1.807, 2.05) is 12.1 Å². The maximum Gasteiger partial charge on any atom is 0.147 e. The highest BCUT2D eigenvalue weighted by Gasteiger charge is 2.29. The number of hydrogen-bond donors (Lipinski definition) is 1. The third-order valence-corrected chi connectivity index (χ3v) is 2.17. The molecule has 3 nitrogen and oxygen atoms in total. The van der Waals surface area contributed by atoms with E-state index in [-0.39, 0.29) is 5.60 Å². The van der Waals surface area contributed by atoms with Gasteiger partial charge in [0.25, 0.3) is 0 Å². The SMILES string of the molecule is CC1(C)Cc2cc(ON)ccc2O1. The molecular formula is C10H13NO2. The summed E-state index contributed by atoms with van der Waals surface area (Å²) in [5.41, 5.74) is 1.06. The fourth-order valence-corrected chi connectivity index (χ4v) is 1.66. The molecule has 1 aromatic rings. The molecule has 0 saturated carbocycles. The van der Waals surface area contributed by atoms with Crippen molar-refractivity contribution >= 4 is 0 Å². The summed E-state index contributed by atoms with van der Waals surface area (Å²) >= 11 is 0. The predicted molar refractivity (Wildman–Crippen MR) is 49.7 cm³/mol. The molecule has 70 valence electrons. The zero-order valence-corrected chi connectivity index (χ0v) is 7.83. The molecule has 0 fully saturated rings. The van der Waals surface area contributed by atoms with Crippen LogP contribution in [-0.2, 0) is 6.42 Å². The molecule has 2 rings (SSSR count). The van der Waals surface area contributed by atoms with Crippen LogP contribution in [0.4, 0.5) is 0 Å². The Bertz CT molecular complexity index is 334. The molecule has 0 unspecified atom stereocenters. The van der Waals surface area contributed by atoms with Crippen molar-refractivity contribution in [1.82, 2.24) is 0 Å². The Labute approximate surface area is 77.4 Å². The molecule has 1 aromatic carbocycles. The average Bonchev–Trinajstić information content (AvgIpc) is 2.36. The third-order valence-electron chi connectivity index (χ3n) is 2.17.